The summed E-state index contributed by atoms with van der Waals surface area (Å²) in [5.41, 5.74) is 0. The largest absolute Gasteiger partial charge is 0.462 e. The minimum Gasteiger partial charge on any atom is -0.462 e. The van der Waals surface area contributed by atoms with E-state index >= 15 is 0 Å². The van der Waals surface area contributed by atoms with Gasteiger partial charge in [0.1, 0.15) is 13.2 Å². The van der Waals surface area contributed by atoms with Gasteiger partial charge in [-0.15, -0.1) is 0 Å². The highest BCUT2D eigenvalue weighted by atomic mass is 16.6. The monoisotopic (exact) mass is 941 g/mol. The summed E-state index contributed by atoms with van der Waals surface area (Å²) in [5.74, 6) is -0.973. The van der Waals surface area contributed by atoms with Crippen molar-refractivity contribution < 1.29 is 28.6 Å². The van der Waals surface area contributed by atoms with Crippen molar-refractivity contribution in [2.75, 3.05) is 13.2 Å². The van der Waals surface area contributed by atoms with Gasteiger partial charge < -0.3 is 14.2 Å². The molecule has 0 amide bonds. The first-order chi connectivity index (χ1) is 33.5. The van der Waals surface area contributed by atoms with Gasteiger partial charge in [-0.05, 0) is 109 Å². The Hall–Kier alpha value is -4.19. The molecule has 384 valence electrons. The van der Waals surface area contributed by atoms with E-state index in [0.717, 1.165) is 128 Å². The lowest BCUT2D eigenvalue weighted by Crippen LogP contribution is -2.30. The fraction of sp³-hybridized carbons (Fsp3) is 0.629. The van der Waals surface area contributed by atoms with E-state index < -0.39 is 6.10 Å². The van der Waals surface area contributed by atoms with Crippen LogP contribution in [-0.4, -0.2) is 37.2 Å². The second-order valence-corrected chi connectivity index (χ2v) is 17.7. The SMILES string of the molecule is CC/C=C\C/C=C\C/C=C\C/C=C\C/C=C\CCCCCC(=O)OC[C@H](COC(=O)CCCCCCCCCCCCCC)OC(=O)CCCCC/C=C\C/C=C\C/C=C\C/C=C\C/C=C\CC. The quantitative estimate of drug-likeness (QED) is 0.0262. The van der Waals surface area contributed by atoms with Crippen molar-refractivity contribution in [3.8, 4) is 0 Å². The molecule has 0 aromatic rings. The Bertz CT molecular complexity index is 1450. The zero-order valence-corrected chi connectivity index (χ0v) is 43.8. The predicted octanol–water partition coefficient (Wildman–Crippen LogP) is 18.5. The van der Waals surface area contributed by atoms with Gasteiger partial charge in [-0.1, -0.05) is 226 Å². The Morgan fingerprint density at radius 3 is 0.897 bits per heavy atom. The van der Waals surface area contributed by atoms with Crippen LogP contribution in [0.3, 0.4) is 0 Å². The average Bonchev–Trinajstić information content (AvgIpc) is 3.34. The summed E-state index contributed by atoms with van der Waals surface area (Å²) < 4.78 is 16.8. The number of rotatable bonds is 48. The Labute approximate surface area is 418 Å². The van der Waals surface area contributed by atoms with Crippen molar-refractivity contribution in [3.05, 3.63) is 122 Å². The van der Waals surface area contributed by atoms with E-state index in [1.165, 1.54) is 57.8 Å². The van der Waals surface area contributed by atoms with Crippen LogP contribution in [-0.2, 0) is 28.6 Å². The summed E-state index contributed by atoms with van der Waals surface area (Å²) in [4.78, 5) is 38.1. The van der Waals surface area contributed by atoms with Crippen LogP contribution in [0.1, 0.15) is 233 Å². The molecule has 0 aromatic heterocycles. The van der Waals surface area contributed by atoms with Crippen LogP contribution in [0.25, 0.3) is 0 Å². The first-order valence-corrected chi connectivity index (χ1v) is 27.5. The maximum Gasteiger partial charge on any atom is 0.306 e. The molecule has 0 spiro atoms. The van der Waals surface area contributed by atoms with Crippen molar-refractivity contribution in [2.45, 2.75) is 239 Å². The molecular weight excluding hydrogens is 841 g/mol. The summed E-state index contributed by atoms with van der Waals surface area (Å²) in [6.07, 6.45) is 76.1. The molecular formula is C62H100O6. The standard InChI is InChI=1S/C62H100O6/c1-4-7-10-13-16-19-22-25-27-29-31-33-35-37-40-43-46-49-52-55-61(64)67-58-59(57-66-60(63)54-51-48-45-42-39-24-21-18-15-12-9-6-3)68-62(65)56-53-50-47-44-41-38-36-34-32-30-28-26-23-20-17-14-11-8-5-2/h7-8,10-11,16-17,19-20,25-28,31-34,37-38,40-41,59H,4-6,9,12-15,18,21-24,29-30,35-36,39,42-58H2,1-3H3/b10-7-,11-8-,19-16-,20-17-,27-25-,28-26-,33-31-,34-32-,40-37-,41-38-/t59-/m0/s1. The summed E-state index contributed by atoms with van der Waals surface area (Å²) in [5, 5.41) is 0. The number of hydrogen-bond donors (Lipinski definition) is 0. The fourth-order valence-electron chi connectivity index (χ4n) is 7.14. The summed E-state index contributed by atoms with van der Waals surface area (Å²) in [6.45, 7) is 6.34. The molecule has 0 aliphatic heterocycles. The summed E-state index contributed by atoms with van der Waals surface area (Å²) in [6, 6.07) is 0. The second-order valence-electron chi connectivity index (χ2n) is 17.7. The Morgan fingerprint density at radius 2 is 0.574 bits per heavy atom. The van der Waals surface area contributed by atoms with Gasteiger partial charge >= 0.3 is 17.9 Å². The van der Waals surface area contributed by atoms with Gasteiger partial charge in [0.05, 0.1) is 0 Å². The van der Waals surface area contributed by atoms with Crippen molar-refractivity contribution in [2.24, 2.45) is 0 Å². The van der Waals surface area contributed by atoms with Gasteiger partial charge in [0.2, 0.25) is 0 Å². The van der Waals surface area contributed by atoms with E-state index in [-0.39, 0.29) is 37.5 Å². The number of ether oxygens (including phenoxy) is 3. The number of unbranched alkanes of at least 4 members (excludes halogenated alkanes) is 17. The number of allylic oxidation sites excluding steroid dienone is 20. The Kier molecular flexibility index (Phi) is 52.0. The van der Waals surface area contributed by atoms with Crippen LogP contribution in [0.4, 0.5) is 0 Å². The van der Waals surface area contributed by atoms with Crippen molar-refractivity contribution in [1.82, 2.24) is 0 Å². The molecule has 0 saturated carbocycles. The topological polar surface area (TPSA) is 78.9 Å². The molecule has 0 bridgehead atoms. The highest BCUT2D eigenvalue weighted by molar-refractivity contribution is 5.71. The zero-order valence-electron chi connectivity index (χ0n) is 43.8. The minimum atomic E-state index is -0.811. The smallest absolute Gasteiger partial charge is 0.306 e. The fourth-order valence-corrected chi connectivity index (χ4v) is 7.14. The van der Waals surface area contributed by atoms with E-state index in [4.69, 9.17) is 14.2 Å². The molecule has 0 aromatic carbocycles. The third kappa shape index (κ3) is 52.8. The maximum atomic E-state index is 12.8. The maximum absolute atomic E-state index is 12.8. The molecule has 0 rings (SSSR count). The summed E-state index contributed by atoms with van der Waals surface area (Å²) in [7, 11) is 0. The van der Waals surface area contributed by atoms with Crippen LogP contribution in [0.2, 0.25) is 0 Å². The average molecular weight is 941 g/mol. The van der Waals surface area contributed by atoms with Crippen molar-refractivity contribution in [1.29, 1.82) is 0 Å². The van der Waals surface area contributed by atoms with Gasteiger partial charge in [-0.25, -0.2) is 0 Å². The second kappa shape index (κ2) is 55.4. The number of carbonyl (C=O) groups excluding carboxylic acids is 3. The van der Waals surface area contributed by atoms with Crippen molar-refractivity contribution >= 4 is 17.9 Å². The van der Waals surface area contributed by atoms with E-state index in [2.05, 4.69) is 142 Å². The molecule has 0 unspecified atom stereocenters. The molecule has 0 fully saturated rings. The minimum absolute atomic E-state index is 0.104. The molecule has 6 heteroatoms. The molecule has 1 atom stereocenters. The highest BCUT2D eigenvalue weighted by Crippen LogP contribution is 2.14. The first-order valence-electron chi connectivity index (χ1n) is 27.5. The normalized spacial score (nSPS) is 13.0. The van der Waals surface area contributed by atoms with Gasteiger partial charge in [0.15, 0.2) is 6.10 Å². The lowest BCUT2D eigenvalue weighted by molar-refractivity contribution is -0.167. The van der Waals surface area contributed by atoms with E-state index in [1.807, 2.05) is 0 Å². The molecule has 0 radical (unpaired) electrons. The molecule has 0 aliphatic rings. The van der Waals surface area contributed by atoms with Gasteiger partial charge in [0, 0.05) is 19.3 Å². The lowest BCUT2D eigenvalue weighted by atomic mass is 10.0. The number of hydrogen-bond acceptors (Lipinski definition) is 6. The lowest BCUT2D eigenvalue weighted by Gasteiger charge is -2.18. The van der Waals surface area contributed by atoms with Gasteiger partial charge in [-0.2, -0.15) is 0 Å². The van der Waals surface area contributed by atoms with Crippen LogP contribution in [0, 0.1) is 0 Å². The molecule has 0 aliphatic carbocycles. The zero-order chi connectivity index (χ0) is 49.3. The van der Waals surface area contributed by atoms with Crippen LogP contribution >= 0.6 is 0 Å². The Balaban J connectivity index is 4.51. The molecule has 0 N–H and O–H groups in total. The third-order valence-electron chi connectivity index (χ3n) is 11.2. The van der Waals surface area contributed by atoms with E-state index in [9.17, 15) is 14.4 Å². The Morgan fingerprint density at radius 1 is 0.309 bits per heavy atom. The van der Waals surface area contributed by atoms with Gasteiger partial charge in [-0.3, -0.25) is 14.4 Å². The van der Waals surface area contributed by atoms with E-state index in [1.54, 1.807) is 0 Å². The first kappa shape index (κ1) is 63.8. The summed E-state index contributed by atoms with van der Waals surface area (Å²) >= 11 is 0. The van der Waals surface area contributed by atoms with E-state index in [0.29, 0.717) is 19.3 Å². The number of esters is 3. The molecule has 6 nitrogen and oxygen atoms in total. The third-order valence-corrected chi connectivity index (χ3v) is 11.2. The highest BCUT2D eigenvalue weighted by Gasteiger charge is 2.19. The molecule has 0 saturated heterocycles. The van der Waals surface area contributed by atoms with Crippen LogP contribution < -0.4 is 0 Å². The number of carbonyl (C=O) groups is 3. The predicted molar refractivity (Wildman–Crippen MR) is 293 cm³/mol. The molecule has 68 heavy (non-hydrogen) atoms. The molecule has 0 heterocycles. The van der Waals surface area contributed by atoms with Crippen molar-refractivity contribution in [3.63, 3.8) is 0 Å². The van der Waals surface area contributed by atoms with Gasteiger partial charge in [0.25, 0.3) is 0 Å². The van der Waals surface area contributed by atoms with Crippen LogP contribution in [0.15, 0.2) is 122 Å². The van der Waals surface area contributed by atoms with Crippen LogP contribution in [0.5, 0.6) is 0 Å².